The number of hydrogen-bond acceptors (Lipinski definition) is 3. The first-order chi connectivity index (χ1) is 13.3. The molecule has 8 heteroatoms. The van der Waals surface area contributed by atoms with Gasteiger partial charge in [-0.3, -0.25) is 14.4 Å². The molecule has 1 aliphatic rings. The summed E-state index contributed by atoms with van der Waals surface area (Å²) in [5.41, 5.74) is 4.57. The Bertz CT molecular complexity index is 1010. The Morgan fingerprint density at radius 1 is 1.18 bits per heavy atom. The molecule has 0 aliphatic carbocycles. The van der Waals surface area contributed by atoms with Crippen molar-refractivity contribution in [2.45, 2.75) is 20.8 Å². The summed E-state index contributed by atoms with van der Waals surface area (Å²) in [7, 11) is 0. The highest BCUT2D eigenvalue weighted by Gasteiger charge is 2.25. The van der Waals surface area contributed by atoms with Gasteiger partial charge in [0, 0.05) is 47.7 Å². The third-order valence-electron chi connectivity index (χ3n) is 4.54. The fourth-order valence-electron chi connectivity index (χ4n) is 3.21. The van der Waals surface area contributed by atoms with Gasteiger partial charge >= 0.3 is 0 Å². The summed E-state index contributed by atoms with van der Waals surface area (Å²) in [5.74, 6) is -0.599. The number of aryl methyl sites for hydroxylation is 1. The first-order valence-electron chi connectivity index (χ1n) is 8.82. The zero-order valence-electron chi connectivity index (χ0n) is 15.8. The van der Waals surface area contributed by atoms with Gasteiger partial charge in [-0.25, -0.2) is 0 Å². The molecule has 0 atom stereocenters. The molecule has 1 aromatic carbocycles. The van der Waals surface area contributed by atoms with Crippen molar-refractivity contribution >= 4 is 46.7 Å². The van der Waals surface area contributed by atoms with E-state index < -0.39 is 0 Å². The van der Waals surface area contributed by atoms with Gasteiger partial charge in [0.05, 0.1) is 11.1 Å². The summed E-state index contributed by atoms with van der Waals surface area (Å²) >= 11 is 6.07. The monoisotopic (exact) mass is 400 g/mol. The third kappa shape index (κ3) is 3.94. The number of aromatic amines is 1. The van der Waals surface area contributed by atoms with Crippen LogP contribution < -0.4 is 16.0 Å². The summed E-state index contributed by atoms with van der Waals surface area (Å²) in [6.45, 7) is 5.74. The molecule has 1 aliphatic heterocycles. The van der Waals surface area contributed by atoms with Gasteiger partial charge in [0.25, 0.3) is 11.8 Å². The van der Waals surface area contributed by atoms with Crippen LogP contribution in [0.3, 0.4) is 0 Å². The average Bonchev–Trinajstić information content (AvgIpc) is 3.08. The van der Waals surface area contributed by atoms with E-state index in [1.807, 2.05) is 6.92 Å². The van der Waals surface area contributed by atoms with Gasteiger partial charge in [0.2, 0.25) is 5.91 Å². The highest BCUT2D eigenvalue weighted by atomic mass is 35.5. The SMILES string of the molecule is CC(=O)NCCNC(=O)c1c(C)[nH]c(C=C2C(=O)Nc3ccc(Cl)cc32)c1C. The molecule has 7 nitrogen and oxygen atoms in total. The number of carbonyl (C=O) groups excluding carboxylic acids is 3. The number of fused-ring (bicyclic) bond motifs is 1. The maximum atomic E-state index is 12.5. The molecule has 28 heavy (non-hydrogen) atoms. The van der Waals surface area contributed by atoms with E-state index in [0.29, 0.717) is 46.3 Å². The Morgan fingerprint density at radius 3 is 2.61 bits per heavy atom. The summed E-state index contributed by atoms with van der Waals surface area (Å²) in [5, 5.41) is 8.76. The Labute approximate surface area is 167 Å². The third-order valence-corrected chi connectivity index (χ3v) is 4.78. The quantitative estimate of drug-likeness (QED) is 0.458. The lowest BCUT2D eigenvalue weighted by Gasteiger charge is -2.06. The Balaban J connectivity index is 1.86. The number of benzene rings is 1. The second kappa shape index (κ2) is 7.90. The molecule has 0 fully saturated rings. The van der Waals surface area contributed by atoms with Crippen LogP contribution in [-0.4, -0.2) is 35.8 Å². The van der Waals surface area contributed by atoms with Gasteiger partial charge in [-0.2, -0.15) is 0 Å². The van der Waals surface area contributed by atoms with Crippen LogP contribution in [0.4, 0.5) is 5.69 Å². The molecule has 0 saturated heterocycles. The van der Waals surface area contributed by atoms with Crippen molar-refractivity contribution in [3.63, 3.8) is 0 Å². The second-order valence-electron chi connectivity index (χ2n) is 6.60. The molecule has 4 N–H and O–H groups in total. The lowest BCUT2D eigenvalue weighted by Crippen LogP contribution is -2.34. The first-order valence-corrected chi connectivity index (χ1v) is 9.20. The molecule has 0 unspecified atom stereocenters. The predicted octanol–water partition coefficient (Wildman–Crippen LogP) is 2.64. The Kier molecular flexibility index (Phi) is 5.56. The standard InChI is InChI=1S/C20H21ClN4O3/c1-10-17(9-15-14-8-13(21)4-5-16(14)25-19(15)27)24-11(2)18(10)20(28)23-7-6-22-12(3)26/h4-5,8-9,24H,6-7H2,1-3H3,(H,22,26)(H,23,28)(H,25,27). The number of H-pyrrole nitrogens is 1. The molecule has 0 bridgehead atoms. The number of hydrogen-bond donors (Lipinski definition) is 4. The van der Waals surface area contributed by atoms with Crippen molar-refractivity contribution in [2.24, 2.45) is 0 Å². The molecule has 146 valence electrons. The Morgan fingerprint density at radius 2 is 1.89 bits per heavy atom. The molecule has 0 saturated carbocycles. The molecule has 1 aromatic heterocycles. The number of nitrogens with one attached hydrogen (secondary N) is 4. The number of anilines is 1. The largest absolute Gasteiger partial charge is 0.358 e. The zero-order chi connectivity index (χ0) is 20.4. The molecular weight excluding hydrogens is 380 g/mol. The number of halogens is 1. The van der Waals surface area contributed by atoms with E-state index in [2.05, 4.69) is 20.9 Å². The van der Waals surface area contributed by atoms with Gasteiger partial charge in [-0.1, -0.05) is 11.6 Å². The van der Waals surface area contributed by atoms with E-state index in [0.717, 1.165) is 11.1 Å². The van der Waals surface area contributed by atoms with E-state index in [4.69, 9.17) is 11.6 Å². The van der Waals surface area contributed by atoms with Crippen LogP contribution in [0.25, 0.3) is 11.6 Å². The van der Waals surface area contributed by atoms with Crippen LogP contribution in [-0.2, 0) is 9.59 Å². The maximum Gasteiger partial charge on any atom is 0.256 e. The molecule has 0 spiro atoms. The van der Waals surface area contributed by atoms with E-state index in [1.165, 1.54) is 6.92 Å². The number of carbonyl (C=O) groups is 3. The van der Waals surface area contributed by atoms with E-state index in [9.17, 15) is 14.4 Å². The van der Waals surface area contributed by atoms with Crippen LogP contribution in [0.2, 0.25) is 5.02 Å². The van der Waals surface area contributed by atoms with Gasteiger partial charge in [-0.15, -0.1) is 0 Å². The number of amides is 3. The minimum Gasteiger partial charge on any atom is -0.358 e. The normalized spacial score (nSPS) is 14.0. The minimum atomic E-state index is -0.236. The topological polar surface area (TPSA) is 103 Å². The van der Waals surface area contributed by atoms with E-state index in [-0.39, 0.29) is 17.7 Å². The second-order valence-corrected chi connectivity index (χ2v) is 7.04. The van der Waals surface area contributed by atoms with Crippen molar-refractivity contribution < 1.29 is 14.4 Å². The molecular formula is C20H21ClN4O3. The average molecular weight is 401 g/mol. The summed E-state index contributed by atoms with van der Waals surface area (Å²) in [4.78, 5) is 39.0. The van der Waals surface area contributed by atoms with E-state index in [1.54, 1.807) is 31.2 Å². The molecule has 3 amide bonds. The summed E-state index contributed by atoms with van der Waals surface area (Å²) in [6.07, 6.45) is 1.73. The highest BCUT2D eigenvalue weighted by Crippen LogP contribution is 2.35. The van der Waals surface area contributed by atoms with Crippen LogP contribution in [0, 0.1) is 13.8 Å². The lowest BCUT2D eigenvalue weighted by atomic mass is 10.0. The fourth-order valence-corrected chi connectivity index (χ4v) is 3.38. The van der Waals surface area contributed by atoms with Crippen LogP contribution in [0.5, 0.6) is 0 Å². The Hall–Kier alpha value is -3.06. The number of aromatic nitrogens is 1. The molecule has 3 rings (SSSR count). The molecule has 0 radical (unpaired) electrons. The molecule has 2 aromatic rings. The van der Waals surface area contributed by atoms with Crippen molar-refractivity contribution in [2.75, 3.05) is 18.4 Å². The predicted molar refractivity (Wildman–Crippen MR) is 109 cm³/mol. The minimum absolute atomic E-state index is 0.146. The van der Waals surface area contributed by atoms with Crippen molar-refractivity contribution in [1.29, 1.82) is 0 Å². The first kappa shape index (κ1) is 19.7. The van der Waals surface area contributed by atoms with Crippen LogP contribution in [0.1, 0.15) is 39.8 Å². The summed E-state index contributed by atoms with van der Waals surface area (Å²) < 4.78 is 0. The zero-order valence-corrected chi connectivity index (χ0v) is 16.6. The lowest BCUT2D eigenvalue weighted by molar-refractivity contribution is -0.119. The van der Waals surface area contributed by atoms with E-state index >= 15 is 0 Å². The molecule has 2 heterocycles. The maximum absolute atomic E-state index is 12.5. The van der Waals surface area contributed by atoms with Crippen LogP contribution >= 0.6 is 11.6 Å². The van der Waals surface area contributed by atoms with Crippen molar-refractivity contribution in [1.82, 2.24) is 15.6 Å². The van der Waals surface area contributed by atoms with Gasteiger partial charge in [0.1, 0.15) is 0 Å². The number of rotatable bonds is 5. The van der Waals surface area contributed by atoms with Gasteiger partial charge in [0.15, 0.2) is 0 Å². The van der Waals surface area contributed by atoms with Gasteiger partial charge < -0.3 is 20.9 Å². The summed E-state index contributed by atoms with van der Waals surface area (Å²) in [6, 6.07) is 5.22. The fraction of sp³-hybridized carbons (Fsp3) is 0.250. The van der Waals surface area contributed by atoms with Crippen molar-refractivity contribution in [3.05, 3.63) is 51.3 Å². The smallest absolute Gasteiger partial charge is 0.256 e. The highest BCUT2D eigenvalue weighted by molar-refractivity contribution is 6.36. The van der Waals surface area contributed by atoms with Gasteiger partial charge in [-0.05, 0) is 43.7 Å². The van der Waals surface area contributed by atoms with Crippen LogP contribution in [0.15, 0.2) is 18.2 Å². The van der Waals surface area contributed by atoms with Crippen molar-refractivity contribution in [3.8, 4) is 0 Å².